The molecule has 0 spiro atoms. The first-order valence-corrected chi connectivity index (χ1v) is 8.58. The zero-order chi connectivity index (χ0) is 17.9. The molecule has 0 aliphatic heterocycles. The molecule has 2 aromatic heterocycles. The molecule has 0 unspecified atom stereocenters. The van der Waals surface area contributed by atoms with Crippen molar-refractivity contribution >= 4 is 11.6 Å². The molecule has 26 heavy (non-hydrogen) atoms. The summed E-state index contributed by atoms with van der Waals surface area (Å²) in [5.41, 5.74) is 5.13. The average Bonchev–Trinajstić information content (AvgIpc) is 3.06. The molecule has 0 radical (unpaired) electrons. The molecular formula is C22H19N3O. The van der Waals surface area contributed by atoms with E-state index in [0.717, 1.165) is 22.3 Å². The van der Waals surface area contributed by atoms with Crippen molar-refractivity contribution in [2.45, 2.75) is 13.5 Å². The summed E-state index contributed by atoms with van der Waals surface area (Å²) >= 11 is 0. The number of pyridine rings is 1. The van der Waals surface area contributed by atoms with E-state index in [1.54, 1.807) is 0 Å². The summed E-state index contributed by atoms with van der Waals surface area (Å²) in [5, 5.41) is 3.02. The van der Waals surface area contributed by atoms with Gasteiger partial charge in [-0.3, -0.25) is 9.20 Å². The van der Waals surface area contributed by atoms with Crippen LogP contribution in [-0.4, -0.2) is 15.3 Å². The van der Waals surface area contributed by atoms with Gasteiger partial charge in [-0.15, -0.1) is 0 Å². The highest BCUT2D eigenvalue weighted by Crippen LogP contribution is 2.25. The summed E-state index contributed by atoms with van der Waals surface area (Å²) in [5.74, 6) is -0.135. The molecule has 0 saturated heterocycles. The second-order valence-corrected chi connectivity index (χ2v) is 6.28. The van der Waals surface area contributed by atoms with Gasteiger partial charge in [0.2, 0.25) is 0 Å². The number of rotatable bonds is 4. The third kappa shape index (κ3) is 3.09. The first-order chi connectivity index (χ1) is 12.7. The zero-order valence-corrected chi connectivity index (χ0v) is 14.5. The van der Waals surface area contributed by atoms with E-state index < -0.39 is 0 Å². The number of fused-ring (bicyclic) bond motifs is 1. The SMILES string of the molecule is Cc1ccn2c(C(=O)NCc3ccccc3)c(-c3ccccc3)nc2c1. The smallest absolute Gasteiger partial charge is 0.270 e. The minimum atomic E-state index is -0.135. The number of aryl methyl sites for hydroxylation is 1. The van der Waals surface area contributed by atoms with Crippen molar-refractivity contribution in [3.63, 3.8) is 0 Å². The topological polar surface area (TPSA) is 46.4 Å². The Kier molecular flexibility index (Phi) is 4.23. The van der Waals surface area contributed by atoms with Gasteiger partial charge in [-0.25, -0.2) is 4.98 Å². The Hall–Kier alpha value is -3.40. The van der Waals surface area contributed by atoms with Crippen LogP contribution in [0.15, 0.2) is 79.0 Å². The van der Waals surface area contributed by atoms with Crippen molar-refractivity contribution < 1.29 is 4.79 Å². The van der Waals surface area contributed by atoms with E-state index in [-0.39, 0.29) is 5.91 Å². The molecule has 4 heteroatoms. The first kappa shape index (κ1) is 16.1. The van der Waals surface area contributed by atoms with Crippen LogP contribution in [-0.2, 0) is 6.54 Å². The van der Waals surface area contributed by atoms with E-state index in [9.17, 15) is 4.79 Å². The van der Waals surface area contributed by atoms with E-state index in [1.165, 1.54) is 0 Å². The molecule has 128 valence electrons. The van der Waals surface area contributed by atoms with Gasteiger partial charge in [-0.05, 0) is 30.2 Å². The molecule has 0 aliphatic carbocycles. The molecule has 0 atom stereocenters. The average molecular weight is 341 g/mol. The number of nitrogens with one attached hydrogen (secondary N) is 1. The van der Waals surface area contributed by atoms with Gasteiger partial charge < -0.3 is 5.32 Å². The number of imidazole rings is 1. The second-order valence-electron chi connectivity index (χ2n) is 6.28. The quantitative estimate of drug-likeness (QED) is 0.603. The van der Waals surface area contributed by atoms with Crippen LogP contribution in [0, 0.1) is 6.92 Å². The fraction of sp³-hybridized carbons (Fsp3) is 0.0909. The molecule has 1 N–H and O–H groups in total. The molecule has 4 rings (SSSR count). The van der Waals surface area contributed by atoms with E-state index in [4.69, 9.17) is 4.98 Å². The lowest BCUT2D eigenvalue weighted by Crippen LogP contribution is -2.24. The fourth-order valence-electron chi connectivity index (χ4n) is 3.02. The molecular weight excluding hydrogens is 322 g/mol. The maximum Gasteiger partial charge on any atom is 0.270 e. The summed E-state index contributed by atoms with van der Waals surface area (Å²) < 4.78 is 1.86. The van der Waals surface area contributed by atoms with Gasteiger partial charge in [0.15, 0.2) is 0 Å². The molecule has 0 saturated carbocycles. The predicted octanol–water partition coefficient (Wildman–Crippen LogP) is 4.24. The highest BCUT2D eigenvalue weighted by molar-refractivity contribution is 5.99. The Bertz CT molecular complexity index is 1050. The van der Waals surface area contributed by atoms with Crippen LogP contribution in [0.25, 0.3) is 16.9 Å². The number of hydrogen-bond acceptors (Lipinski definition) is 2. The Labute approximate surface area is 152 Å². The van der Waals surface area contributed by atoms with Crippen molar-refractivity contribution in [1.29, 1.82) is 0 Å². The molecule has 1 amide bonds. The lowest BCUT2D eigenvalue weighted by atomic mass is 10.1. The van der Waals surface area contributed by atoms with Crippen molar-refractivity contribution in [1.82, 2.24) is 14.7 Å². The lowest BCUT2D eigenvalue weighted by Gasteiger charge is -2.08. The molecule has 4 nitrogen and oxygen atoms in total. The summed E-state index contributed by atoms with van der Waals surface area (Å²) in [7, 11) is 0. The Morgan fingerprint density at radius 3 is 2.42 bits per heavy atom. The Morgan fingerprint density at radius 2 is 1.69 bits per heavy atom. The van der Waals surface area contributed by atoms with E-state index >= 15 is 0 Å². The van der Waals surface area contributed by atoms with Gasteiger partial charge >= 0.3 is 0 Å². The van der Waals surface area contributed by atoms with Crippen molar-refractivity contribution in [3.8, 4) is 11.3 Å². The van der Waals surface area contributed by atoms with Gasteiger partial charge in [0.05, 0.1) is 0 Å². The first-order valence-electron chi connectivity index (χ1n) is 8.58. The monoisotopic (exact) mass is 341 g/mol. The second kappa shape index (κ2) is 6.84. The summed E-state index contributed by atoms with van der Waals surface area (Å²) in [6.07, 6.45) is 1.90. The van der Waals surface area contributed by atoms with Crippen LogP contribution in [0.2, 0.25) is 0 Å². The van der Waals surface area contributed by atoms with Gasteiger partial charge in [0.1, 0.15) is 17.0 Å². The highest BCUT2D eigenvalue weighted by atomic mass is 16.1. The van der Waals surface area contributed by atoms with E-state index in [2.05, 4.69) is 5.32 Å². The Morgan fingerprint density at radius 1 is 1.00 bits per heavy atom. The normalized spacial score (nSPS) is 10.8. The van der Waals surface area contributed by atoms with Crippen LogP contribution >= 0.6 is 0 Å². The number of aromatic nitrogens is 2. The van der Waals surface area contributed by atoms with Crippen molar-refractivity contribution in [3.05, 3.63) is 95.8 Å². The Balaban J connectivity index is 1.75. The summed E-state index contributed by atoms with van der Waals surface area (Å²) in [6, 6.07) is 23.7. The van der Waals surface area contributed by atoms with Crippen LogP contribution in [0.4, 0.5) is 0 Å². The van der Waals surface area contributed by atoms with Gasteiger partial charge in [-0.2, -0.15) is 0 Å². The van der Waals surface area contributed by atoms with Crippen LogP contribution in [0.3, 0.4) is 0 Å². The van der Waals surface area contributed by atoms with E-state index in [1.807, 2.05) is 90.3 Å². The number of nitrogens with zero attached hydrogens (tertiary/aromatic N) is 2. The number of benzene rings is 2. The van der Waals surface area contributed by atoms with E-state index in [0.29, 0.717) is 17.9 Å². The molecule has 0 aliphatic rings. The van der Waals surface area contributed by atoms with Gasteiger partial charge in [0, 0.05) is 18.3 Å². The number of carbonyl (C=O) groups excluding carboxylic acids is 1. The van der Waals surface area contributed by atoms with Crippen LogP contribution in [0.5, 0.6) is 0 Å². The van der Waals surface area contributed by atoms with Crippen LogP contribution < -0.4 is 5.32 Å². The maximum absolute atomic E-state index is 13.0. The highest BCUT2D eigenvalue weighted by Gasteiger charge is 2.20. The summed E-state index contributed by atoms with van der Waals surface area (Å²) in [6.45, 7) is 2.50. The van der Waals surface area contributed by atoms with Crippen LogP contribution in [0.1, 0.15) is 21.6 Å². The predicted molar refractivity (Wildman–Crippen MR) is 103 cm³/mol. The molecule has 0 bridgehead atoms. The van der Waals surface area contributed by atoms with Crippen molar-refractivity contribution in [2.75, 3.05) is 0 Å². The van der Waals surface area contributed by atoms with Gasteiger partial charge in [-0.1, -0.05) is 60.7 Å². The van der Waals surface area contributed by atoms with Gasteiger partial charge in [0.25, 0.3) is 5.91 Å². The number of hydrogen-bond donors (Lipinski definition) is 1. The minimum absolute atomic E-state index is 0.135. The zero-order valence-electron chi connectivity index (χ0n) is 14.5. The van der Waals surface area contributed by atoms with Crippen molar-refractivity contribution in [2.24, 2.45) is 0 Å². The molecule has 0 fully saturated rings. The largest absolute Gasteiger partial charge is 0.347 e. The minimum Gasteiger partial charge on any atom is -0.347 e. The molecule has 2 aromatic carbocycles. The lowest BCUT2D eigenvalue weighted by molar-refractivity contribution is 0.0945. The molecule has 2 heterocycles. The molecule has 4 aromatic rings. The standard InChI is InChI=1S/C22H19N3O/c1-16-12-13-25-19(14-16)24-20(18-10-6-3-7-11-18)21(25)22(26)23-15-17-8-4-2-5-9-17/h2-14H,15H2,1H3,(H,23,26). The maximum atomic E-state index is 13.0. The number of amides is 1. The summed E-state index contributed by atoms with van der Waals surface area (Å²) in [4.78, 5) is 17.7. The third-order valence-electron chi connectivity index (χ3n) is 4.34. The third-order valence-corrected chi connectivity index (χ3v) is 4.34. The fourth-order valence-corrected chi connectivity index (χ4v) is 3.02. The number of carbonyl (C=O) groups is 1.